The predicted octanol–water partition coefficient (Wildman–Crippen LogP) is 2.29. The monoisotopic (exact) mass is 235 g/mol. The van der Waals surface area contributed by atoms with Crippen LogP contribution in [0.1, 0.15) is 37.0 Å². The van der Waals surface area contributed by atoms with Crippen LogP contribution in [0.3, 0.4) is 0 Å². The van der Waals surface area contributed by atoms with Gasteiger partial charge in [0, 0.05) is 19.8 Å². The van der Waals surface area contributed by atoms with Crippen molar-refractivity contribution in [1.29, 1.82) is 0 Å². The Bertz CT molecular complexity index is 361. The molecule has 0 saturated heterocycles. The maximum absolute atomic E-state index is 12.0. The zero-order valence-electron chi connectivity index (χ0n) is 10.8. The Morgan fingerprint density at radius 3 is 2.71 bits per heavy atom. The topological polar surface area (TPSA) is 54.0 Å². The largest absolute Gasteiger partial charge is 0.386 e. The molecule has 4 heteroatoms. The molecule has 0 atom stereocenters. The fourth-order valence-corrected chi connectivity index (χ4v) is 1.70. The number of pyridine rings is 1. The standard InChI is InChI=1S/C13H21N3O/c1-4-10(5-2)8-16-13(17)11-6-7-15-9-12(11)14-3/h6-7,9-10,14H,4-5,8H2,1-3H3,(H,16,17). The quantitative estimate of drug-likeness (QED) is 0.795. The molecule has 2 N–H and O–H groups in total. The third kappa shape index (κ3) is 3.73. The minimum Gasteiger partial charge on any atom is -0.386 e. The molecule has 1 amide bonds. The van der Waals surface area contributed by atoms with Gasteiger partial charge in [0.1, 0.15) is 0 Å². The van der Waals surface area contributed by atoms with Gasteiger partial charge in [-0.25, -0.2) is 0 Å². The van der Waals surface area contributed by atoms with E-state index in [4.69, 9.17) is 0 Å². The molecule has 0 aliphatic heterocycles. The average Bonchev–Trinajstić information content (AvgIpc) is 2.39. The maximum atomic E-state index is 12.0. The minimum absolute atomic E-state index is 0.0383. The summed E-state index contributed by atoms with van der Waals surface area (Å²) in [5.74, 6) is 0.516. The van der Waals surface area contributed by atoms with E-state index in [9.17, 15) is 4.79 Å². The van der Waals surface area contributed by atoms with Crippen LogP contribution in [0.2, 0.25) is 0 Å². The van der Waals surface area contributed by atoms with Crippen molar-refractivity contribution in [3.63, 3.8) is 0 Å². The van der Waals surface area contributed by atoms with E-state index in [0.717, 1.165) is 25.1 Å². The van der Waals surface area contributed by atoms with Gasteiger partial charge < -0.3 is 10.6 Å². The Morgan fingerprint density at radius 1 is 1.41 bits per heavy atom. The first-order chi connectivity index (χ1) is 8.22. The molecular weight excluding hydrogens is 214 g/mol. The highest BCUT2D eigenvalue weighted by atomic mass is 16.1. The van der Waals surface area contributed by atoms with Crippen LogP contribution < -0.4 is 10.6 Å². The maximum Gasteiger partial charge on any atom is 0.253 e. The molecule has 0 bridgehead atoms. The molecule has 4 nitrogen and oxygen atoms in total. The summed E-state index contributed by atoms with van der Waals surface area (Å²) in [4.78, 5) is 16.0. The van der Waals surface area contributed by atoms with Gasteiger partial charge in [-0.15, -0.1) is 0 Å². The first-order valence-electron chi connectivity index (χ1n) is 6.12. The lowest BCUT2D eigenvalue weighted by molar-refractivity contribution is 0.0947. The van der Waals surface area contributed by atoms with Crippen LogP contribution in [0, 0.1) is 5.92 Å². The summed E-state index contributed by atoms with van der Waals surface area (Å²) >= 11 is 0. The smallest absolute Gasteiger partial charge is 0.253 e. The molecule has 0 unspecified atom stereocenters. The van der Waals surface area contributed by atoms with Crippen molar-refractivity contribution in [2.24, 2.45) is 5.92 Å². The fourth-order valence-electron chi connectivity index (χ4n) is 1.70. The molecule has 0 spiro atoms. The Labute approximate surface area is 103 Å². The third-order valence-electron chi connectivity index (χ3n) is 3.04. The molecular formula is C13H21N3O. The van der Waals surface area contributed by atoms with Gasteiger partial charge in [0.15, 0.2) is 0 Å². The number of aromatic nitrogens is 1. The molecule has 0 aliphatic rings. The summed E-state index contributed by atoms with van der Waals surface area (Å²) in [6.07, 6.45) is 5.47. The van der Waals surface area contributed by atoms with Crippen LogP contribution >= 0.6 is 0 Å². The molecule has 1 heterocycles. The number of amides is 1. The van der Waals surface area contributed by atoms with Crippen LogP contribution in [0.15, 0.2) is 18.5 Å². The lowest BCUT2D eigenvalue weighted by Crippen LogP contribution is -2.29. The van der Waals surface area contributed by atoms with E-state index >= 15 is 0 Å². The van der Waals surface area contributed by atoms with E-state index in [1.54, 1.807) is 25.5 Å². The summed E-state index contributed by atoms with van der Waals surface area (Å²) < 4.78 is 0. The summed E-state index contributed by atoms with van der Waals surface area (Å²) in [5, 5.41) is 5.94. The van der Waals surface area contributed by atoms with E-state index < -0.39 is 0 Å². The fraction of sp³-hybridized carbons (Fsp3) is 0.538. The Balaban J connectivity index is 2.63. The molecule has 1 aromatic rings. The van der Waals surface area contributed by atoms with Crippen LogP contribution in [-0.4, -0.2) is 24.5 Å². The summed E-state index contributed by atoms with van der Waals surface area (Å²) in [6, 6.07) is 1.73. The van der Waals surface area contributed by atoms with Gasteiger partial charge in [-0.05, 0) is 12.0 Å². The van der Waals surface area contributed by atoms with Crippen LogP contribution in [0.5, 0.6) is 0 Å². The Morgan fingerprint density at radius 2 is 2.12 bits per heavy atom. The number of rotatable bonds is 6. The van der Waals surface area contributed by atoms with Crippen LogP contribution in [-0.2, 0) is 0 Å². The molecule has 0 saturated carbocycles. The van der Waals surface area contributed by atoms with Gasteiger partial charge in [0.25, 0.3) is 5.91 Å². The first-order valence-corrected chi connectivity index (χ1v) is 6.12. The van der Waals surface area contributed by atoms with Crippen molar-refractivity contribution in [3.05, 3.63) is 24.0 Å². The zero-order chi connectivity index (χ0) is 12.7. The minimum atomic E-state index is -0.0383. The zero-order valence-corrected chi connectivity index (χ0v) is 10.8. The van der Waals surface area contributed by atoms with Crippen molar-refractivity contribution < 1.29 is 4.79 Å². The van der Waals surface area contributed by atoms with Crippen molar-refractivity contribution in [2.45, 2.75) is 26.7 Å². The van der Waals surface area contributed by atoms with Gasteiger partial charge in [-0.3, -0.25) is 9.78 Å². The van der Waals surface area contributed by atoms with E-state index in [0.29, 0.717) is 11.5 Å². The van der Waals surface area contributed by atoms with Crippen molar-refractivity contribution >= 4 is 11.6 Å². The number of nitrogens with zero attached hydrogens (tertiary/aromatic N) is 1. The molecule has 1 rings (SSSR count). The van der Waals surface area contributed by atoms with E-state index in [1.807, 2.05) is 0 Å². The second-order valence-electron chi connectivity index (χ2n) is 4.06. The molecule has 0 radical (unpaired) electrons. The Kier molecular flexibility index (Phi) is 5.46. The lowest BCUT2D eigenvalue weighted by Gasteiger charge is -2.14. The second-order valence-corrected chi connectivity index (χ2v) is 4.06. The normalized spacial score (nSPS) is 10.4. The summed E-state index contributed by atoms with van der Waals surface area (Å²) in [7, 11) is 1.79. The van der Waals surface area contributed by atoms with Gasteiger partial charge in [0.2, 0.25) is 0 Å². The average molecular weight is 235 g/mol. The number of carbonyl (C=O) groups excluding carboxylic acids is 1. The number of hydrogen-bond acceptors (Lipinski definition) is 3. The van der Waals surface area contributed by atoms with Gasteiger partial charge in [0.05, 0.1) is 17.4 Å². The number of carbonyl (C=O) groups is 1. The SMILES string of the molecule is CCC(CC)CNC(=O)c1ccncc1NC. The van der Waals surface area contributed by atoms with Crippen LogP contribution in [0.4, 0.5) is 5.69 Å². The molecule has 0 fully saturated rings. The summed E-state index contributed by atoms with van der Waals surface area (Å²) in [5.41, 5.74) is 1.41. The van der Waals surface area contributed by atoms with E-state index in [2.05, 4.69) is 29.5 Å². The molecule has 94 valence electrons. The van der Waals surface area contributed by atoms with Gasteiger partial charge in [-0.1, -0.05) is 26.7 Å². The second kappa shape index (κ2) is 6.89. The van der Waals surface area contributed by atoms with Gasteiger partial charge in [-0.2, -0.15) is 0 Å². The highest BCUT2D eigenvalue weighted by molar-refractivity contribution is 5.99. The number of anilines is 1. The van der Waals surface area contributed by atoms with Gasteiger partial charge >= 0.3 is 0 Å². The van der Waals surface area contributed by atoms with E-state index in [-0.39, 0.29) is 5.91 Å². The summed E-state index contributed by atoms with van der Waals surface area (Å²) in [6.45, 7) is 5.02. The third-order valence-corrected chi connectivity index (χ3v) is 3.04. The highest BCUT2D eigenvalue weighted by Gasteiger charge is 2.11. The van der Waals surface area contributed by atoms with Crippen molar-refractivity contribution in [1.82, 2.24) is 10.3 Å². The molecule has 0 aromatic carbocycles. The lowest BCUT2D eigenvalue weighted by atomic mass is 10.0. The van der Waals surface area contributed by atoms with Crippen molar-refractivity contribution in [2.75, 3.05) is 18.9 Å². The predicted molar refractivity (Wildman–Crippen MR) is 70.2 cm³/mol. The number of hydrogen-bond donors (Lipinski definition) is 2. The van der Waals surface area contributed by atoms with Crippen LogP contribution in [0.25, 0.3) is 0 Å². The van der Waals surface area contributed by atoms with Crippen molar-refractivity contribution in [3.8, 4) is 0 Å². The van der Waals surface area contributed by atoms with E-state index in [1.165, 1.54) is 0 Å². The highest BCUT2D eigenvalue weighted by Crippen LogP contribution is 2.12. The molecule has 0 aliphatic carbocycles. The first kappa shape index (κ1) is 13.5. The molecule has 1 aromatic heterocycles. The Hall–Kier alpha value is -1.58. The molecule has 17 heavy (non-hydrogen) atoms. The number of nitrogens with one attached hydrogen (secondary N) is 2.